The summed E-state index contributed by atoms with van der Waals surface area (Å²) in [5.41, 5.74) is 5.70. The van der Waals surface area contributed by atoms with Gasteiger partial charge in [0.1, 0.15) is 6.10 Å². The molecule has 0 saturated heterocycles. The molecule has 2 atom stereocenters. The molecule has 3 N–H and O–H groups in total. The van der Waals surface area contributed by atoms with Gasteiger partial charge in [0.2, 0.25) is 0 Å². The van der Waals surface area contributed by atoms with E-state index < -0.39 is 0 Å². The van der Waals surface area contributed by atoms with Crippen LogP contribution >= 0.6 is 0 Å². The van der Waals surface area contributed by atoms with Crippen LogP contribution in [0.2, 0.25) is 0 Å². The van der Waals surface area contributed by atoms with Crippen LogP contribution in [0, 0.1) is 5.92 Å². The van der Waals surface area contributed by atoms with Crippen molar-refractivity contribution < 1.29 is 9.53 Å². The van der Waals surface area contributed by atoms with Crippen LogP contribution in [-0.2, 0) is 4.74 Å². The summed E-state index contributed by atoms with van der Waals surface area (Å²) in [4.78, 5) is 11.6. The summed E-state index contributed by atoms with van der Waals surface area (Å²) >= 11 is 0. The fraction of sp³-hybridized carbons (Fsp3) is 0.917. The Balaban J connectivity index is 1.75. The summed E-state index contributed by atoms with van der Waals surface area (Å²) in [6.07, 6.45) is 7.65. The van der Waals surface area contributed by atoms with Crippen LogP contribution in [0.3, 0.4) is 0 Å². The molecule has 0 aliphatic heterocycles. The Labute approximate surface area is 96.9 Å². The minimum Gasteiger partial charge on any atom is -0.446 e. The Hall–Kier alpha value is -0.770. The maximum Gasteiger partial charge on any atom is 0.407 e. The van der Waals surface area contributed by atoms with E-state index in [2.05, 4.69) is 5.32 Å². The van der Waals surface area contributed by atoms with Crippen molar-refractivity contribution in [3.05, 3.63) is 0 Å². The first kappa shape index (κ1) is 11.7. The lowest BCUT2D eigenvalue weighted by atomic mass is 9.86. The van der Waals surface area contributed by atoms with Crippen molar-refractivity contribution in [2.45, 2.75) is 57.1 Å². The van der Waals surface area contributed by atoms with Crippen LogP contribution in [0.1, 0.15) is 44.9 Å². The van der Waals surface area contributed by atoms with E-state index in [1.54, 1.807) is 0 Å². The zero-order valence-electron chi connectivity index (χ0n) is 9.78. The highest BCUT2D eigenvalue weighted by atomic mass is 16.6. The Kier molecular flexibility index (Phi) is 4.04. The van der Waals surface area contributed by atoms with Gasteiger partial charge < -0.3 is 15.8 Å². The van der Waals surface area contributed by atoms with Crippen LogP contribution in [0.5, 0.6) is 0 Å². The van der Waals surface area contributed by atoms with E-state index in [-0.39, 0.29) is 12.2 Å². The predicted molar refractivity (Wildman–Crippen MR) is 62.1 cm³/mol. The predicted octanol–water partition coefficient (Wildman–Crippen LogP) is 1.78. The maximum atomic E-state index is 11.6. The van der Waals surface area contributed by atoms with Crippen molar-refractivity contribution in [1.82, 2.24) is 5.32 Å². The average Bonchev–Trinajstić information content (AvgIpc) is 2.24. The summed E-state index contributed by atoms with van der Waals surface area (Å²) in [5, 5.41) is 2.91. The van der Waals surface area contributed by atoms with Gasteiger partial charge in [0, 0.05) is 12.0 Å². The number of rotatable bonds is 3. The van der Waals surface area contributed by atoms with Crippen molar-refractivity contribution in [2.75, 3.05) is 6.54 Å². The number of amides is 1. The normalized spacial score (nSPS) is 30.6. The molecule has 0 aromatic heterocycles. The molecule has 4 heteroatoms. The van der Waals surface area contributed by atoms with E-state index in [1.807, 2.05) is 0 Å². The number of ether oxygens (including phenoxy) is 1. The average molecular weight is 226 g/mol. The lowest BCUT2D eigenvalue weighted by Gasteiger charge is -2.32. The third-order valence-corrected chi connectivity index (χ3v) is 3.83. The monoisotopic (exact) mass is 226 g/mol. The largest absolute Gasteiger partial charge is 0.446 e. The van der Waals surface area contributed by atoms with Gasteiger partial charge in [-0.05, 0) is 45.1 Å². The Morgan fingerprint density at radius 1 is 1.19 bits per heavy atom. The highest BCUT2D eigenvalue weighted by molar-refractivity contribution is 5.68. The number of hydrogen-bond donors (Lipinski definition) is 2. The zero-order chi connectivity index (χ0) is 11.4. The summed E-state index contributed by atoms with van der Waals surface area (Å²) in [6.45, 7) is 0.626. The Morgan fingerprint density at radius 3 is 2.56 bits per heavy atom. The lowest BCUT2D eigenvalue weighted by molar-refractivity contribution is 0.0366. The van der Waals surface area contributed by atoms with Gasteiger partial charge in [0.05, 0.1) is 0 Å². The molecule has 1 amide bonds. The van der Waals surface area contributed by atoms with Gasteiger partial charge >= 0.3 is 6.09 Å². The van der Waals surface area contributed by atoms with Crippen molar-refractivity contribution in [3.63, 3.8) is 0 Å². The fourth-order valence-electron chi connectivity index (χ4n) is 2.49. The van der Waals surface area contributed by atoms with E-state index >= 15 is 0 Å². The van der Waals surface area contributed by atoms with Crippen molar-refractivity contribution >= 4 is 6.09 Å². The first-order chi connectivity index (χ1) is 7.79. The molecule has 92 valence electrons. The quantitative estimate of drug-likeness (QED) is 0.771. The fourth-order valence-corrected chi connectivity index (χ4v) is 2.49. The van der Waals surface area contributed by atoms with Gasteiger partial charge in [0.15, 0.2) is 0 Å². The number of nitrogens with one attached hydrogen (secondary N) is 1. The van der Waals surface area contributed by atoms with E-state index in [0.29, 0.717) is 18.5 Å². The molecule has 2 unspecified atom stereocenters. The number of carbonyl (C=O) groups is 1. The van der Waals surface area contributed by atoms with Crippen molar-refractivity contribution in [2.24, 2.45) is 11.7 Å². The highest BCUT2D eigenvalue weighted by Crippen LogP contribution is 2.26. The van der Waals surface area contributed by atoms with Crippen LogP contribution in [-0.4, -0.2) is 24.8 Å². The molecule has 2 aliphatic rings. The zero-order valence-corrected chi connectivity index (χ0v) is 9.78. The number of carbonyl (C=O) groups excluding carboxylic acids is 1. The summed E-state index contributed by atoms with van der Waals surface area (Å²) in [7, 11) is 0. The minimum absolute atomic E-state index is 0.0406. The van der Waals surface area contributed by atoms with Crippen LogP contribution < -0.4 is 11.1 Å². The van der Waals surface area contributed by atoms with Crippen LogP contribution in [0.4, 0.5) is 4.79 Å². The SMILES string of the molecule is NCC1CCCCC1OC(=O)NC1CCC1. The second kappa shape index (κ2) is 5.53. The van der Waals surface area contributed by atoms with Gasteiger partial charge in [0.25, 0.3) is 0 Å². The third-order valence-electron chi connectivity index (χ3n) is 3.83. The van der Waals surface area contributed by atoms with E-state index in [0.717, 1.165) is 32.1 Å². The van der Waals surface area contributed by atoms with Crippen molar-refractivity contribution in [1.29, 1.82) is 0 Å². The van der Waals surface area contributed by atoms with Crippen molar-refractivity contribution in [3.8, 4) is 0 Å². The van der Waals surface area contributed by atoms with Gasteiger partial charge in [-0.25, -0.2) is 4.79 Å². The molecule has 0 spiro atoms. The molecule has 0 heterocycles. The molecule has 2 saturated carbocycles. The van der Waals surface area contributed by atoms with Crippen LogP contribution in [0.15, 0.2) is 0 Å². The van der Waals surface area contributed by atoms with Gasteiger partial charge in [-0.15, -0.1) is 0 Å². The molecular formula is C12H22N2O2. The minimum atomic E-state index is -0.241. The number of hydrogen-bond acceptors (Lipinski definition) is 3. The van der Waals surface area contributed by atoms with E-state index in [4.69, 9.17) is 10.5 Å². The summed E-state index contributed by atoms with van der Waals surface area (Å²) in [5.74, 6) is 0.362. The third kappa shape index (κ3) is 2.88. The number of alkyl carbamates (subject to hydrolysis) is 1. The molecule has 0 aromatic carbocycles. The Bertz CT molecular complexity index is 241. The smallest absolute Gasteiger partial charge is 0.407 e. The second-order valence-electron chi connectivity index (χ2n) is 5.00. The second-order valence-corrected chi connectivity index (χ2v) is 5.00. The first-order valence-corrected chi connectivity index (χ1v) is 6.47. The van der Waals surface area contributed by atoms with E-state index in [9.17, 15) is 4.79 Å². The summed E-state index contributed by atoms with van der Waals surface area (Å²) in [6, 6.07) is 0.354. The molecule has 2 aliphatic carbocycles. The highest BCUT2D eigenvalue weighted by Gasteiger charge is 2.28. The number of nitrogens with two attached hydrogens (primary N) is 1. The molecule has 0 bridgehead atoms. The molecule has 2 rings (SSSR count). The lowest BCUT2D eigenvalue weighted by Crippen LogP contribution is -2.43. The molecule has 4 nitrogen and oxygen atoms in total. The first-order valence-electron chi connectivity index (χ1n) is 6.47. The maximum absolute atomic E-state index is 11.6. The molecule has 16 heavy (non-hydrogen) atoms. The van der Waals surface area contributed by atoms with Gasteiger partial charge in [-0.2, -0.15) is 0 Å². The van der Waals surface area contributed by atoms with Crippen LogP contribution in [0.25, 0.3) is 0 Å². The Morgan fingerprint density at radius 2 is 1.94 bits per heavy atom. The molecule has 0 radical (unpaired) electrons. The topological polar surface area (TPSA) is 64.3 Å². The molecular weight excluding hydrogens is 204 g/mol. The molecule has 0 aromatic rings. The van der Waals surface area contributed by atoms with E-state index in [1.165, 1.54) is 12.8 Å². The standard InChI is InChI=1S/C12H22N2O2/c13-8-9-4-1-2-7-11(9)16-12(15)14-10-5-3-6-10/h9-11H,1-8,13H2,(H,14,15). The summed E-state index contributed by atoms with van der Waals surface area (Å²) < 4.78 is 5.47. The van der Waals surface area contributed by atoms with Gasteiger partial charge in [-0.3, -0.25) is 0 Å². The van der Waals surface area contributed by atoms with Gasteiger partial charge in [-0.1, -0.05) is 6.42 Å². The molecule has 2 fully saturated rings.